The average molecular weight is 439 g/mol. The van der Waals surface area contributed by atoms with Crippen LogP contribution in [0.4, 0.5) is 10.7 Å². The molecule has 8 nitrogen and oxygen atoms in total. The van der Waals surface area contributed by atoms with Crippen LogP contribution in [0.2, 0.25) is 0 Å². The van der Waals surface area contributed by atoms with Crippen LogP contribution >= 0.6 is 11.3 Å². The van der Waals surface area contributed by atoms with Crippen LogP contribution in [0.25, 0.3) is 6.08 Å². The maximum Gasteiger partial charge on any atom is 0.341 e. The van der Waals surface area contributed by atoms with E-state index in [0.29, 0.717) is 22.0 Å². The number of anilines is 1. The second-order valence-corrected chi connectivity index (χ2v) is 8.35. The zero-order valence-electron chi connectivity index (χ0n) is 17.1. The molecule has 1 aliphatic rings. The predicted molar refractivity (Wildman–Crippen MR) is 117 cm³/mol. The lowest BCUT2D eigenvalue weighted by atomic mass is 9.88. The second kappa shape index (κ2) is 9.53. The summed E-state index contributed by atoms with van der Waals surface area (Å²) < 4.78 is 5.20. The van der Waals surface area contributed by atoms with Crippen molar-refractivity contribution in [2.45, 2.75) is 33.1 Å². The number of amides is 1. The van der Waals surface area contributed by atoms with E-state index in [9.17, 15) is 25.0 Å². The highest BCUT2D eigenvalue weighted by Crippen LogP contribution is 2.40. The number of nitriles is 1. The lowest BCUT2D eigenvalue weighted by Crippen LogP contribution is -2.17. The van der Waals surface area contributed by atoms with Crippen LogP contribution in [0.5, 0.6) is 0 Å². The van der Waals surface area contributed by atoms with Crippen LogP contribution in [0, 0.1) is 27.4 Å². The third kappa shape index (κ3) is 4.98. The molecule has 31 heavy (non-hydrogen) atoms. The molecule has 9 heteroatoms. The van der Waals surface area contributed by atoms with Crippen LogP contribution in [0.3, 0.4) is 0 Å². The Morgan fingerprint density at radius 1 is 1.39 bits per heavy atom. The molecule has 0 bridgehead atoms. The molecule has 1 amide bonds. The first-order chi connectivity index (χ1) is 14.8. The molecule has 1 atom stereocenters. The Morgan fingerprint density at radius 3 is 2.71 bits per heavy atom. The van der Waals surface area contributed by atoms with Crippen molar-refractivity contribution in [3.05, 3.63) is 61.5 Å². The Labute approximate surface area is 183 Å². The third-order valence-electron chi connectivity index (χ3n) is 5.00. The first-order valence-corrected chi connectivity index (χ1v) is 10.6. The SMILES string of the molecule is CCOC(=O)c1c(NC(=O)/C(C#N)=C/c2ccc([N+](=O)[O-])cc2)sc2c1CC[C@H](C)C2. The largest absolute Gasteiger partial charge is 0.462 e. The third-order valence-corrected chi connectivity index (χ3v) is 6.17. The van der Waals surface area contributed by atoms with Crippen molar-refractivity contribution < 1.29 is 19.2 Å². The van der Waals surface area contributed by atoms with Crippen molar-refractivity contribution in [3.63, 3.8) is 0 Å². The number of benzene rings is 1. The lowest BCUT2D eigenvalue weighted by Gasteiger charge is -2.18. The maximum absolute atomic E-state index is 12.8. The summed E-state index contributed by atoms with van der Waals surface area (Å²) in [7, 11) is 0. The highest BCUT2D eigenvalue weighted by Gasteiger charge is 2.29. The minimum Gasteiger partial charge on any atom is -0.462 e. The molecule has 1 aromatic heterocycles. The van der Waals surface area contributed by atoms with Gasteiger partial charge in [-0.2, -0.15) is 5.26 Å². The molecule has 0 radical (unpaired) electrons. The number of nitro benzene ring substituents is 1. The Morgan fingerprint density at radius 2 is 2.10 bits per heavy atom. The van der Waals surface area contributed by atoms with Crippen LogP contribution in [0.1, 0.15) is 46.6 Å². The highest BCUT2D eigenvalue weighted by atomic mass is 32.1. The molecular weight excluding hydrogens is 418 g/mol. The number of hydrogen-bond acceptors (Lipinski definition) is 7. The average Bonchev–Trinajstić information content (AvgIpc) is 3.09. The van der Waals surface area contributed by atoms with Gasteiger partial charge in [0.05, 0.1) is 17.1 Å². The summed E-state index contributed by atoms with van der Waals surface area (Å²) in [5.41, 5.74) is 1.49. The highest BCUT2D eigenvalue weighted by molar-refractivity contribution is 7.17. The number of nitro groups is 1. The molecule has 1 aliphatic carbocycles. The number of carbonyl (C=O) groups excluding carboxylic acids is 2. The van der Waals surface area contributed by atoms with E-state index in [1.165, 1.54) is 41.7 Å². The number of esters is 1. The van der Waals surface area contributed by atoms with Gasteiger partial charge in [0.1, 0.15) is 16.6 Å². The molecular formula is C22H21N3O5S. The fourth-order valence-electron chi connectivity index (χ4n) is 3.44. The number of hydrogen-bond donors (Lipinski definition) is 1. The second-order valence-electron chi connectivity index (χ2n) is 7.25. The number of nitrogens with zero attached hydrogens (tertiary/aromatic N) is 2. The van der Waals surface area contributed by atoms with Gasteiger partial charge in [-0.15, -0.1) is 11.3 Å². The van der Waals surface area contributed by atoms with Crippen molar-refractivity contribution in [2.75, 3.05) is 11.9 Å². The fraction of sp³-hybridized carbons (Fsp3) is 0.318. The molecule has 1 aromatic carbocycles. The molecule has 0 aliphatic heterocycles. The molecule has 0 saturated heterocycles. The minimum atomic E-state index is -0.655. The van der Waals surface area contributed by atoms with Crippen molar-refractivity contribution in [1.82, 2.24) is 0 Å². The number of fused-ring (bicyclic) bond motifs is 1. The van der Waals surface area contributed by atoms with Crippen molar-refractivity contribution in [2.24, 2.45) is 5.92 Å². The zero-order valence-corrected chi connectivity index (χ0v) is 18.0. The number of thiophene rings is 1. The summed E-state index contributed by atoms with van der Waals surface area (Å²) in [5, 5.41) is 23.3. The Balaban J connectivity index is 1.89. The summed E-state index contributed by atoms with van der Waals surface area (Å²) in [6.07, 6.45) is 3.86. The molecule has 0 saturated carbocycles. The summed E-state index contributed by atoms with van der Waals surface area (Å²) in [5.74, 6) is -0.651. The summed E-state index contributed by atoms with van der Waals surface area (Å²) in [6, 6.07) is 7.36. The summed E-state index contributed by atoms with van der Waals surface area (Å²) in [4.78, 5) is 36.7. The van der Waals surface area contributed by atoms with E-state index in [1.54, 1.807) is 6.92 Å². The van der Waals surface area contributed by atoms with Gasteiger partial charge in [0, 0.05) is 17.0 Å². The summed E-state index contributed by atoms with van der Waals surface area (Å²) in [6.45, 7) is 4.08. The van der Waals surface area contributed by atoms with Gasteiger partial charge < -0.3 is 10.1 Å². The number of non-ortho nitro benzene ring substituents is 1. The first kappa shape index (κ1) is 22.2. The Hall–Kier alpha value is -3.51. The smallest absolute Gasteiger partial charge is 0.341 e. The van der Waals surface area contributed by atoms with Crippen LogP contribution < -0.4 is 5.32 Å². The van der Waals surface area contributed by atoms with Crippen molar-refractivity contribution in [1.29, 1.82) is 5.26 Å². The van der Waals surface area contributed by atoms with Gasteiger partial charge in [-0.1, -0.05) is 6.92 Å². The molecule has 3 rings (SSSR count). The van der Waals surface area contributed by atoms with Gasteiger partial charge in [0.15, 0.2) is 0 Å². The molecule has 1 heterocycles. The molecule has 0 unspecified atom stereocenters. The quantitative estimate of drug-likeness (QED) is 0.232. The van der Waals surface area contributed by atoms with Gasteiger partial charge in [-0.25, -0.2) is 4.79 Å². The van der Waals surface area contributed by atoms with Gasteiger partial charge in [-0.05, 0) is 61.4 Å². The van der Waals surface area contributed by atoms with Gasteiger partial charge in [-0.3, -0.25) is 14.9 Å². The summed E-state index contributed by atoms with van der Waals surface area (Å²) >= 11 is 1.34. The minimum absolute atomic E-state index is 0.0856. The van der Waals surface area contributed by atoms with E-state index in [4.69, 9.17) is 4.74 Å². The van der Waals surface area contributed by atoms with E-state index >= 15 is 0 Å². The standard InChI is InChI=1S/C22H21N3O5S/c1-3-30-22(27)19-17-9-4-13(2)10-18(17)31-21(19)24-20(26)15(12-23)11-14-5-7-16(8-6-14)25(28)29/h5-8,11,13H,3-4,9-10H2,1-2H3,(H,24,26)/b15-11+/t13-/m0/s1. The number of rotatable bonds is 6. The van der Waals surface area contributed by atoms with E-state index in [1.807, 2.05) is 6.07 Å². The van der Waals surface area contributed by atoms with Crippen LogP contribution in [-0.2, 0) is 22.4 Å². The van der Waals surface area contributed by atoms with E-state index < -0.39 is 16.8 Å². The Kier molecular flexibility index (Phi) is 6.82. The number of carbonyl (C=O) groups is 2. The van der Waals surface area contributed by atoms with Gasteiger partial charge in [0.25, 0.3) is 11.6 Å². The van der Waals surface area contributed by atoms with Crippen LogP contribution in [0.15, 0.2) is 29.8 Å². The van der Waals surface area contributed by atoms with Crippen molar-refractivity contribution in [3.8, 4) is 6.07 Å². The van der Waals surface area contributed by atoms with Crippen molar-refractivity contribution >= 4 is 40.0 Å². The maximum atomic E-state index is 12.8. The fourth-order valence-corrected chi connectivity index (χ4v) is 4.83. The molecule has 2 aromatic rings. The molecule has 160 valence electrons. The lowest BCUT2D eigenvalue weighted by molar-refractivity contribution is -0.384. The number of nitrogens with one attached hydrogen (secondary N) is 1. The Bertz CT molecular complexity index is 1100. The predicted octanol–water partition coefficient (Wildman–Crippen LogP) is 4.50. The van der Waals surface area contributed by atoms with E-state index in [0.717, 1.165) is 29.7 Å². The van der Waals surface area contributed by atoms with E-state index in [2.05, 4.69) is 12.2 Å². The monoisotopic (exact) mass is 439 g/mol. The van der Waals surface area contributed by atoms with E-state index in [-0.39, 0.29) is 17.9 Å². The first-order valence-electron chi connectivity index (χ1n) is 9.83. The van der Waals surface area contributed by atoms with Crippen LogP contribution in [-0.4, -0.2) is 23.4 Å². The van der Waals surface area contributed by atoms with Gasteiger partial charge in [0.2, 0.25) is 0 Å². The molecule has 0 fully saturated rings. The topological polar surface area (TPSA) is 122 Å². The molecule has 1 N–H and O–H groups in total. The zero-order chi connectivity index (χ0) is 22.5. The molecule has 0 spiro atoms. The number of ether oxygens (including phenoxy) is 1. The van der Waals surface area contributed by atoms with Gasteiger partial charge >= 0.3 is 5.97 Å². The normalized spacial score (nSPS) is 15.5.